The Morgan fingerprint density at radius 3 is 2.88 bits per heavy atom. The van der Waals surface area contributed by atoms with Crippen LogP contribution >= 0.6 is 0 Å². The van der Waals surface area contributed by atoms with Crippen molar-refractivity contribution in [1.29, 1.82) is 0 Å². The van der Waals surface area contributed by atoms with Crippen LogP contribution in [0.1, 0.15) is 38.8 Å². The number of H-pyrrole nitrogens is 1. The van der Waals surface area contributed by atoms with Gasteiger partial charge >= 0.3 is 0 Å². The Morgan fingerprint density at radius 1 is 1.56 bits per heavy atom. The molecule has 0 aliphatic rings. The third kappa shape index (κ3) is 4.02. The van der Waals surface area contributed by atoms with Gasteiger partial charge in [0.05, 0.1) is 6.54 Å². The molecule has 0 unspecified atom stereocenters. The van der Waals surface area contributed by atoms with Crippen LogP contribution in [0.5, 0.6) is 0 Å². The number of nitrogens with one attached hydrogen (secondary N) is 3. The fourth-order valence-electron chi connectivity index (χ4n) is 1.26. The largest absolute Gasteiger partial charge is 0.308 e. The second kappa shape index (κ2) is 6.27. The van der Waals surface area contributed by atoms with Crippen molar-refractivity contribution in [2.24, 2.45) is 0 Å². The molecule has 1 amide bonds. The Labute approximate surface area is 96.0 Å². The number of amides is 1. The van der Waals surface area contributed by atoms with E-state index in [9.17, 15) is 4.79 Å². The summed E-state index contributed by atoms with van der Waals surface area (Å²) in [5, 5.41) is 12.7. The lowest BCUT2D eigenvalue weighted by molar-refractivity contribution is -0.115. The number of rotatable bonds is 6. The van der Waals surface area contributed by atoms with Crippen LogP contribution in [0.4, 0.5) is 5.82 Å². The fourth-order valence-corrected chi connectivity index (χ4v) is 1.26. The van der Waals surface area contributed by atoms with Gasteiger partial charge in [-0.1, -0.05) is 20.8 Å². The molecule has 0 aliphatic carbocycles. The normalized spacial score (nSPS) is 10.8. The van der Waals surface area contributed by atoms with Gasteiger partial charge in [-0.2, -0.15) is 5.10 Å². The van der Waals surface area contributed by atoms with E-state index in [2.05, 4.69) is 41.6 Å². The van der Waals surface area contributed by atoms with Crippen molar-refractivity contribution in [1.82, 2.24) is 15.5 Å². The van der Waals surface area contributed by atoms with Crippen molar-refractivity contribution in [3.05, 3.63) is 11.8 Å². The molecule has 16 heavy (non-hydrogen) atoms. The van der Waals surface area contributed by atoms with Gasteiger partial charge in [-0.3, -0.25) is 9.89 Å². The number of aromatic amines is 1. The van der Waals surface area contributed by atoms with E-state index in [4.69, 9.17) is 0 Å². The molecular formula is C11H20N4O. The number of hydrogen-bond acceptors (Lipinski definition) is 3. The lowest BCUT2D eigenvalue weighted by atomic mass is 10.1. The fraction of sp³-hybridized carbons (Fsp3) is 0.636. The third-order valence-corrected chi connectivity index (χ3v) is 2.20. The molecule has 90 valence electrons. The Hall–Kier alpha value is -1.36. The minimum Gasteiger partial charge on any atom is -0.308 e. The third-order valence-electron chi connectivity index (χ3n) is 2.20. The Balaban J connectivity index is 2.37. The summed E-state index contributed by atoms with van der Waals surface area (Å²) in [5.74, 6) is 0.915. The first-order valence-electron chi connectivity index (χ1n) is 5.69. The van der Waals surface area contributed by atoms with Crippen LogP contribution in [-0.2, 0) is 4.79 Å². The zero-order valence-corrected chi connectivity index (χ0v) is 10.1. The first-order valence-corrected chi connectivity index (χ1v) is 5.69. The number of hydrogen-bond donors (Lipinski definition) is 3. The maximum atomic E-state index is 11.4. The molecule has 0 fully saturated rings. The lowest BCUT2D eigenvalue weighted by Crippen LogP contribution is -2.28. The van der Waals surface area contributed by atoms with Crippen LogP contribution in [-0.4, -0.2) is 29.2 Å². The van der Waals surface area contributed by atoms with Gasteiger partial charge in [0.2, 0.25) is 5.91 Å². The molecule has 3 N–H and O–H groups in total. The van der Waals surface area contributed by atoms with Gasteiger partial charge in [0.1, 0.15) is 0 Å². The number of anilines is 1. The van der Waals surface area contributed by atoms with Crippen LogP contribution in [0.25, 0.3) is 0 Å². The monoisotopic (exact) mass is 224 g/mol. The molecule has 0 saturated heterocycles. The molecule has 0 atom stereocenters. The molecule has 0 radical (unpaired) electrons. The van der Waals surface area contributed by atoms with Crippen molar-refractivity contribution < 1.29 is 4.79 Å². The molecule has 1 heterocycles. The molecule has 0 bridgehead atoms. The second-order valence-electron chi connectivity index (χ2n) is 4.09. The average Bonchev–Trinajstić information content (AvgIpc) is 2.66. The van der Waals surface area contributed by atoms with Crippen LogP contribution in [0.3, 0.4) is 0 Å². The first-order chi connectivity index (χ1) is 7.63. The maximum Gasteiger partial charge on any atom is 0.239 e. The van der Waals surface area contributed by atoms with Crippen LogP contribution in [0.2, 0.25) is 0 Å². The van der Waals surface area contributed by atoms with Gasteiger partial charge in [-0.15, -0.1) is 0 Å². The summed E-state index contributed by atoms with van der Waals surface area (Å²) in [6.07, 6.45) is 1.02. The Morgan fingerprint density at radius 2 is 2.31 bits per heavy atom. The number of aromatic nitrogens is 2. The molecule has 0 spiro atoms. The Kier molecular flexibility index (Phi) is 4.98. The van der Waals surface area contributed by atoms with E-state index in [0.29, 0.717) is 18.3 Å². The van der Waals surface area contributed by atoms with E-state index in [1.807, 2.05) is 6.07 Å². The zero-order chi connectivity index (χ0) is 12.0. The summed E-state index contributed by atoms with van der Waals surface area (Å²) < 4.78 is 0. The summed E-state index contributed by atoms with van der Waals surface area (Å²) in [5.41, 5.74) is 1.02. The highest BCUT2D eigenvalue weighted by molar-refractivity contribution is 5.91. The van der Waals surface area contributed by atoms with E-state index in [1.165, 1.54) is 0 Å². The minimum absolute atomic E-state index is 0.0599. The summed E-state index contributed by atoms with van der Waals surface area (Å²) in [6, 6.07) is 1.86. The molecule has 0 aliphatic heterocycles. The van der Waals surface area contributed by atoms with Gasteiger partial charge in [-0.05, 0) is 18.9 Å². The van der Waals surface area contributed by atoms with Gasteiger partial charge in [-0.25, -0.2) is 0 Å². The highest BCUT2D eigenvalue weighted by Gasteiger charge is 2.07. The van der Waals surface area contributed by atoms with Crippen molar-refractivity contribution in [2.75, 3.05) is 18.4 Å². The minimum atomic E-state index is -0.0599. The summed E-state index contributed by atoms with van der Waals surface area (Å²) >= 11 is 0. The standard InChI is InChI=1S/C11H20N4O/c1-4-5-12-7-11(16)13-10-6-9(8(2)3)14-15-10/h6,8,12H,4-5,7H2,1-3H3,(H2,13,14,15,16). The van der Waals surface area contributed by atoms with Crippen molar-refractivity contribution >= 4 is 11.7 Å². The van der Waals surface area contributed by atoms with E-state index >= 15 is 0 Å². The lowest BCUT2D eigenvalue weighted by Gasteiger charge is -2.02. The quantitative estimate of drug-likeness (QED) is 0.641. The van der Waals surface area contributed by atoms with Gasteiger partial charge < -0.3 is 10.6 Å². The van der Waals surface area contributed by atoms with E-state index in [1.54, 1.807) is 0 Å². The molecule has 1 rings (SSSR count). The highest BCUT2D eigenvalue weighted by atomic mass is 16.2. The molecule has 0 saturated carbocycles. The molecule has 1 aromatic rings. The number of carbonyl (C=O) groups is 1. The molecule has 5 nitrogen and oxygen atoms in total. The van der Waals surface area contributed by atoms with E-state index < -0.39 is 0 Å². The van der Waals surface area contributed by atoms with Crippen LogP contribution in [0.15, 0.2) is 6.07 Å². The second-order valence-corrected chi connectivity index (χ2v) is 4.09. The van der Waals surface area contributed by atoms with Crippen molar-refractivity contribution in [3.8, 4) is 0 Å². The summed E-state index contributed by atoms with van der Waals surface area (Å²) in [7, 11) is 0. The molecule has 5 heteroatoms. The highest BCUT2D eigenvalue weighted by Crippen LogP contribution is 2.14. The number of nitrogens with zero attached hydrogens (tertiary/aromatic N) is 1. The van der Waals surface area contributed by atoms with Crippen LogP contribution < -0.4 is 10.6 Å². The van der Waals surface area contributed by atoms with Crippen molar-refractivity contribution in [3.63, 3.8) is 0 Å². The van der Waals surface area contributed by atoms with E-state index in [-0.39, 0.29) is 5.91 Å². The molecule has 1 aromatic heterocycles. The SMILES string of the molecule is CCCNCC(=O)Nc1cc(C(C)C)[nH]n1. The van der Waals surface area contributed by atoms with Gasteiger partial charge in [0.15, 0.2) is 5.82 Å². The topological polar surface area (TPSA) is 69.8 Å². The summed E-state index contributed by atoms with van der Waals surface area (Å²) in [4.78, 5) is 11.4. The predicted octanol–water partition coefficient (Wildman–Crippen LogP) is 1.47. The van der Waals surface area contributed by atoms with Crippen molar-refractivity contribution in [2.45, 2.75) is 33.1 Å². The maximum absolute atomic E-state index is 11.4. The zero-order valence-electron chi connectivity index (χ0n) is 10.1. The predicted molar refractivity (Wildman–Crippen MR) is 64.5 cm³/mol. The molecular weight excluding hydrogens is 204 g/mol. The molecule has 0 aromatic carbocycles. The van der Waals surface area contributed by atoms with Gasteiger partial charge in [0, 0.05) is 11.8 Å². The first kappa shape index (κ1) is 12.7. The summed E-state index contributed by atoms with van der Waals surface area (Å²) in [6.45, 7) is 7.39. The Bertz CT molecular complexity index is 332. The van der Waals surface area contributed by atoms with Crippen LogP contribution in [0, 0.1) is 0 Å². The smallest absolute Gasteiger partial charge is 0.239 e. The van der Waals surface area contributed by atoms with Gasteiger partial charge in [0.25, 0.3) is 0 Å². The average molecular weight is 224 g/mol. The van der Waals surface area contributed by atoms with E-state index in [0.717, 1.165) is 18.7 Å². The number of carbonyl (C=O) groups excluding carboxylic acids is 1.